The van der Waals surface area contributed by atoms with Crippen LogP contribution in [0.25, 0.3) is 0 Å². The number of esters is 1. The van der Waals surface area contributed by atoms with E-state index in [4.69, 9.17) is 4.74 Å². The maximum absolute atomic E-state index is 13.4. The average Bonchev–Trinajstić information content (AvgIpc) is 3.08. The fourth-order valence-electron chi connectivity index (χ4n) is 3.98. The number of aromatic nitrogens is 2. The maximum Gasteiger partial charge on any atom is 0.354 e. The van der Waals surface area contributed by atoms with E-state index in [9.17, 15) is 14.4 Å². The van der Waals surface area contributed by atoms with Gasteiger partial charge in [-0.05, 0) is 56.2 Å². The Bertz CT molecular complexity index is 1120. The molecule has 32 heavy (non-hydrogen) atoms. The number of hydrogen-bond acceptors (Lipinski definition) is 5. The molecule has 0 unspecified atom stereocenters. The lowest BCUT2D eigenvalue weighted by Crippen LogP contribution is -2.35. The molecule has 166 valence electrons. The van der Waals surface area contributed by atoms with Gasteiger partial charge < -0.3 is 14.2 Å². The quantitative estimate of drug-likeness (QED) is 0.398. The minimum atomic E-state index is -0.486. The number of benzene rings is 1. The zero-order valence-electron chi connectivity index (χ0n) is 18.8. The molecule has 0 atom stereocenters. The molecular formula is C25H27N3O4. The second-order valence-corrected chi connectivity index (χ2v) is 7.48. The highest BCUT2D eigenvalue weighted by Gasteiger charge is 2.28. The lowest BCUT2D eigenvalue weighted by Gasteiger charge is -2.22. The summed E-state index contributed by atoms with van der Waals surface area (Å²) in [5.41, 5.74) is 3.44. The number of pyridine rings is 1. The first-order chi connectivity index (χ1) is 15.4. The molecule has 0 fully saturated rings. The van der Waals surface area contributed by atoms with Gasteiger partial charge in [0.2, 0.25) is 0 Å². The lowest BCUT2D eigenvalue weighted by atomic mass is 10.0. The SMILES string of the molecule is CCn1c(C)c(C(=O)CN(Cc2ccncc2)C(=O)c2ccccc2)c(C)c1C(=O)OC. The number of methoxy groups -OCH3 is 1. The van der Waals surface area contributed by atoms with Gasteiger partial charge in [-0.1, -0.05) is 18.2 Å². The molecule has 0 spiro atoms. The van der Waals surface area contributed by atoms with E-state index in [0.29, 0.717) is 34.6 Å². The number of carbonyl (C=O) groups is 3. The van der Waals surface area contributed by atoms with Crippen molar-refractivity contribution in [2.24, 2.45) is 0 Å². The number of carbonyl (C=O) groups excluding carboxylic acids is 3. The summed E-state index contributed by atoms with van der Waals surface area (Å²) in [7, 11) is 1.32. The predicted molar refractivity (Wildman–Crippen MR) is 121 cm³/mol. The van der Waals surface area contributed by atoms with Gasteiger partial charge in [0.1, 0.15) is 5.69 Å². The molecule has 0 saturated carbocycles. The highest BCUT2D eigenvalue weighted by atomic mass is 16.5. The summed E-state index contributed by atoms with van der Waals surface area (Å²) in [5.74, 6) is -0.953. The van der Waals surface area contributed by atoms with Crippen LogP contribution >= 0.6 is 0 Å². The van der Waals surface area contributed by atoms with Crippen LogP contribution in [0.5, 0.6) is 0 Å². The van der Waals surface area contributed by atoms with Crippen molar-refractivity contribution in [3.8, 4) is 0 Å². The Morgan fingerprint density at radius 2 is 1.69 bits per heavy atom. The number of hydrogen-bond donors (Lipinski definition) is 0. The van der Waals surface area contributed by atoms with Gasteiger partial charge in [-0.15, -0.1) is 0 Å². The topological polar surface area (TPSA) is 81.5 Å². The van der Waals surface area contributed by atoms with Crippen LogP contribution in [-0.4, -0.2) is 45.8 Å². The summed E-state index contributed by atoms with van der Waals surface area (Å²) in [4.78, 5) is 44.6. The molecule has 3 rings (SSSR count). The summed E-state index contributed by atoms with van der Waals surface area (Å²) < 4.78 is 6.70. The first kappa shape index (κ1) is 22.9. The zero-order chi connectivity index (χ0) is 23.3. The fraction of sp³-hybridized carbons (Fsp3) is 0.280. The van der Waals surface area contributed by atoms with Crippen LogP contribution < -0.4 is 0 Å². The summed E-state index contributed by atoms with van der Waals surface area (Å²) in [6, 6.07) is 12.5. The van der Waals surface area contributed by atoms with Gasteiger partial charge in [-0.3, -0.25) is 14.6 Å². The van der Waals surface area contributed by atoms with Gasteiger partial charge in [0.25, 0.3) is 5.91 Å². The average molecular weight is 434 g/mol. The van der Waals surface area contributed by atoms with E-state index in [2.05, 4.69) is 4.98 Å². The van der Waals surface area contributed by atoms with Crippen LogP contribution in [0, 0.1) is 13.8 Å². The van der Waals surface area contributed by atoms with E-state index in [-0.39, 0.29) is 24.8 Å². The summed E-state index contributed by atoms with van der Waals surface area (Å²) in [6.07, 6.45) is 3.31. The van der Waals surface area contributed by atoms with Crippen LogP contribution in [0.1, 0.15) is 54.9 Å². The van der Waals surface area contributed by atoms with Gasteiger partial charge in [-0.25, -0.2) is 4.79 Å². The molecule has 1 amide bonds. The number of Topliss-reactive ketones (excluding diaryl/α,β-unsaturated/α-hetero) is 1. The highest BCUT2D eigenvalue weighted by molar-refractivity contribution is 6.06. The Kier molecular flexibility index (Phi) is 7.20. The lowest BCUT2D eigenvalue weighted by molar-refractivity contribution is 0.0587. The monoisotopic (exact) mass is 433 g/mol. The second kappa shape index (κ2) is 10.0. The largest absolute Gasteiger partial charge is 0.464 e. The third kappa shape index (κ3) is 4.61. The zero-order valence-corrected chi connectivity index (χ0v) is 18.8. The Hall–Kier alpha value is -3.74. The van der Waals surface area contributed by atoms with Crippen molar-refractivity contribution in [2.45, 2.75) is 33.9 Å². The van der Waals surface area contributed by atoms with Gasteiger partial charge in [-0.2, -0.15) is 0 Å². The highest BCUT2D eigenvalue weighted by Crippen LogP contribution is 2.24. The number of ketones is 1. The maximum atomic E-state index is 13.4. The third-order valence-electron chi connectivity index (χ3n) is 5.51. The van der Waals surface area contributed by atoms with Crippen LogP contribution in [-0.2, 0) is 17.8 Å². The first-order valence-corrected chi connectivity index (χ1v) is 10.4. The van der Waals surface area contributed by atoms with E-state index in [1.807, 2.05) is 32.0 Å². The van der Waals surface area contributed by atoms with Crippen LogP contribution in [0.15, 0.2) is 54.9 Å². The Labute approximate surface area is 187 Å². The van der Waals surface area contributed by atoms with Crippen LogP contribution in [0.4, 0.5) is 0 Å². The Balaban J connectivity index is 1.97. The van der Waals surface area contributed by atoms with E-state index in [1.165, 1.54) is 12.0 Å². The summed E-state index contributed by atoms with van der Waals surface area (Å²) in [5, 5.41) is 0. The van der Waals surface area contributed by atoms with E-state index in [0.717, 1.165) is 5.56 Å². The van der Waals surface area contributed by atoms with Crippen molar-refractivity contribution in [1.29, 1.82) is 0 Å². The number of nitrogens with zero attached hydrogens (tertiary/aromatic N) is 3. The minimum absolute atomic E-state index is 0.119. The van der Waals surface area contributed by atoms with Gasteiger partial charge in [0.05, 0.1) is 13.7 Å². The van der Waals surface area contributed by atoms with Crippen molar-refractivity contribution in [2.75, 3.05) is 13.7 Å². The molecule has 7 heteroatoms. The van der Waals surface area contributed by atoms with Crippen LogP contribution in [0.2, 0.25) is 0 Å². The first-order valence-electron chi connectivity index (χ1n) is 10.4. The van der Waals surface area contributed by atoms with Gasteiger partial charge in [0.15, 0.2) is 5.78 Å². The number of rotatable bonds is 8. The molecule has 2 aromatic heterocycles. The normalized spacial score (nSPS) is 10.6. The molecule has 0 aliphatic carbocycles. The number of amides is 1. The molecule has 0 N–H and O–H groups in total. The van der Waals surface area contributed by atoms with E-state index >= 15 is 0 Å². The predicted octanol–water partition coefficient (Wildman–Crippen LogP) is 3.83. The summed E-state index contributed by atoms with van der Waals surface area (Å²) >= 11 is 0. The molecule has 7 nitrogen and oxygen atoms in total. The van der Waals surface area contributed by atoms with Gasteiger partial charge >= 0.3 is 5.97 Å². The van der Waals surface area contributed by atoms with Crippen molar-refractivity contribution in [3.05, 3.63) is 88.5 Å². The molecule has 1 aromatic carbocycles. The standard InChI is InChI=1S/C25H27N3O4/c1-5-28-18(3)22(17(2)23(28)25(31)32-4)21(29)16-27(15-19-11-13-26-14-12-19)24(30)20-9-7-6-8-10-20/h6-14H,5,15-16H2,1-4H3. The Morgan fingerprint density at radius 1 is 1.03 bits per heavy atom. The molecule has 0 radical (unpaired) electrons. The van der Waals surface area contributed by atoms with E-state index < -0.39 is 5.97 Å². The van der Waals surface area contributed by atoms with Crippen molar-refractivity contribution in [3.63, 3.8) is 0 Å². The molecule has 2 heterocycles. The van der Waals surface area contributed by atoms with Crippen molar-refractivity contribution < 1.29 is 19.1 Å². The van der Waals surface area contributed by atoms with E-state index in [1.54, 1.807) is 48.1 Å². The third-order valence-corrected chi connectivity index (χ3v) is 5.51. The minimum Gasteiger partial charge on any atom is -0.464 e. The smallest absolute Gasteiger partial charge is 0.354 e. The van der Waals surface area contributed by atoms with Crippen LogP contribution in [0.3, 0.4) is 0 Å². The fourth-order valence-corrected chi connectivity index (χ4v) is 3.98. The molecule has 0 aliphatic heterocycles. The van der Waals surface area contributed by atoms with Crippen molar-refractivity contribution >= 4 is 17.7 Å². The molecule has 0 bridgehead atoms. The molecule has 3 aromatic rings. The number of ether oxygens (including phenoxy) is 1. The molecule has 0 saturated heterocycles. The molecular weight excluding hydrogens is 406 g/mol. The summed E-state index contributed by atoms with van der Waals surface area (Å²) in [6.45, 7) is 6.12. The van der Waals surface area contributed by atoms with Crippen molar-refractivity contribution in [1.82, 2.24) is 14.5 Å². The second-order valence-electron chi connectivity index (χ2n) is 7.48. The van der Waals surface area contributed by atoms with Gasteiger partial charge in [0, 0.05) is 42.3 Å². The molecule has 0 aliphatic rings. The Morgan fingerprint density at radius 3 is 2.28 bits per heavy atom.